The molecule has 8 atom stereocenters. The van der Waals surface area contributed by atoms with E-state index in [2.05, 4.69) is 65.7 Å². The topological polar surface area (TPSA) is 225 Å². The summed E-state index contributed by atoms with van der Waals surface area (Å²) in [5, 5.41) is 23.6. The molecule has 4 saturated carbocycles. The van der Waals surface area contributed by atoms with E-state index in [1.165, 1.54) is 75.5 Å². The standard InChI is InChI=1S/C84H127ClN6O16S/c1-64(75-23-24-76-73-22-17-68-60-72(92)25-28-83(68,2)77(73)26-29-84(75,76)3)12-7-5-6-10-32-94-34-36-96-38-40-98-42-43-100-44-45-101-46-47-102-50-51-104-54-55-106-63-70-62-90(89-88-70)31-33-95-35-37-97-39-41-99-48-49-103-52-53-105-56-57-107-79-59-67(27-30-87-79)66-14-11-13-65(58-66)61-91(71-20-18-69(86-4)19-21-71)82(93)81-80(85)74-15-8-9-16-78(74)108-81/h8-9,11,13-17,27,30,58-59,62,64,69,71-73,75-77,86,92H,5-7,10,12,18-26,28-29,31-57,60-61,63H2,1-4H3/t64-,69?,71?,72+,73+,75?,76+,77+,83+,84-/m1/s1. The van der Waals surface area contributed by atoms with Crippen molar-refractivity contribution in [2.24, 2.45) is 40.4 Å². The summed E-state index contributed by atoms with van der Waals surface area (Å²) in [6.45, 7) is 22.0. The summed E-state index contributed by atoms with van der Waals surface area (Å²) in [5.41, 5.74) is 6.21. The van der Waals surface area contributed by atoms with Crippen LogP contribution in [0.15, 0.2) is 84.7 Å². The highest BCUT2D eigenvalue weighted by molar-refractivity contribution is 7.21. The third kappa shape index (κ3) is 27.0. The second-order valence-corrected chi connectivity index (χ2v) is 31.8. The Morgan fingerprint density at radius 2 is 1.21 bits per heavy atom. The van der Waals surface area contributed by atoms with E-state index in [1.807, 2.05) is 60.6 Å². The van der Waals surface area contributed by atoms with Crippen LogP contribution in [0.2, 0.25) is 5.02 Å². The van der Waals surface area contributed by atoms with Gasteiger partial charge in [0.15, 0.2) is 0 Å². The van der Waals surface area contributed by atoms with Gasteiger partial charge in [0.2, 0.25) is 5.88 Å². The number of halogens is 1. The molecule has 602 valence electrons. The van der Waals surface area contributed by atoms with Gasteiger partial charge in [0.1, 0.15) is 17.2 Å². The highest BCUT2D eigenvalue weighted by Gasteiger charge is 2.59. The molecule has 0 aliphatic heterocycles. The van der Waals surface area contributed by atoms with E-state index in [1.54, 1.807) is 16.5 Å². The number of unbranched alkanes of at least 4 members (excludes halogenated alkanes) is 3. The van der Waals surface area contributed by atoms with E-state index < -0.39 is 0 Å². The lowest BCUT2D eigenvalue weighted by atomic mass is 9.47. The number of fused-ring (bicyclic) bond motifs is 6. The molecule has 5 aliphatic rings. The maximum Gasteiger partial charge on any atom is 0.266 e. The van der Waals surface area contributed by atoms with E-state index >= 15 is 0 Å². The Morgan fingerprint density at radius 1 is 0.630 bits per heavy atom. The number of rotatable bonds is 56. The molecule has 10 rings (SSSR count). The van der Waals surface area contributed by atoms with Gasteiger partial charge in [-0.05, 0) is 166 Å². The van der Waals surface area contributed by atoms with E-state index in [-0.39, 0.29) is 18.1 Å². The number of benzene rings is 2. The number of nitrogens with zero attached hydrogens (tertiary/aromatic N) is 5. The van der Waals surface area contributed by atoms with E-state index in [0.717, 1.165) is 114 Å². The van der Waals surface area contributed by atoms with Gasteiger partial charge in [0, 0.05) is 47.6 Å². The van der Waals surface area contributed by atoms with Crippen LogP contribution in [0.25, 0.3) is 21.2 Å². The quantitative estimate of drug-likeness (QED) is 0.0272. The fourth-order valence-electron chi connectivity index (χ4n) is 17.5. The average Bonchev–Trinajstić information content (AvgIpc) is 1.39. The number of hydrogen-bond acceptors (Lipinski definition) is 21. The van der Waals surface area contributed by atoms with Gasteiger partial charge in [-0.25, -0.2) is 9.67 Å². The minimum atomic E-state index is -0.119. The largest absolute Gasteiger partial charge is 0.475 e. The first-order valence-corrected chi connectivity index (χ1v) is 41.8. The van der Waals surface area contributed by atoms with Crippen molar-refractivity contribution in [3.8, 4) is 17.0 Å². The third-order valence-electron chi connectivity index (χ3n) is 23.3. The second kappa shape index (κ2) is 47.8. The predicted octanol–water partition coefficient (Wildman–Crippen LogP) is 13.7. The van der Waals surface area contributed by atoms with Gasteiger partial charge in [0.05, 0.1) is 189 Å². The Labute approximate surface area is 651 Å². The molecule has 4 fully saturated rings. The summed E-state index contributed by atoms with van der Waals surface area (Å²) >= 11 is 8.35. The van der Waals surface area contributed by atoms with Gasteiger partial charge >= 0.3 is 0 Å². The number of amides is 1. The minimum Gasteiger partial charge on any atom is -0.475 e. The third-order valence-corrected chi connectivity index (χ3v) is 25.0. The molecule has 5 aliphatic carbocycles. The molecule has 5 aromatic rings. The van der Waals surface area contributed by atoms with Crippen LogP contribution in [0.5, 0.6) is 5.88 Å². The molecule has 1 amide bonds. The highest BCUT2D eigenvalue weighted by Crippen LogP contribution is 2.67. The molecular formula is C84H127ClN6O16S. The van der Waals surface area contributed by atoms with Gasteiger partial charge in [-0.2, -0.15) is 0 Å². The van der Waals surface area contributed by atoms with Crippen LogP contribution in [-0.2, 0) is 81.3 Å². The summed E-state index contributed by atoms with van der Waals surface area (Å²) in [4.78, 5) is 21.5. The number of pyridine rings is 1. The van der Waals surface area contributed by atoms with Crippen molar-refractivity contribution in [1.82, 2.24) is 30.2 Å². The summed E-state index contributed by atoms with van der Waals surface area (Å²) < 4.78 is 82.5. The summed E-state index contributed by atoms with van der Waals surface area (Å²) in [6.07, 6.45) is 26.3. The molecule has 1 unspecified atom stereocenters. The molecule has 0 bridgehead atoms. The van der Waals surface area contributed by atoms with Crippen molar-refractivity contribution >= 4 is 38.9 Å². The lowest BCUT2D eigenvalue weighted by Gasteiger charge is -2.58. The SMILES string of the molecule is CNC1CCC(N(Cc2cccc(-c3ccnc(OCCOCCOCCOCCOCCOCCn4cc(COCCOCCOCCOCCOCCOCCOCCOCCCCCC[C@@H](C)C5CC[C@H]6[C@@H]7CC=C8C[C@@H](O)CC[C@]8(C)[C@H]7CC[C@]56C)nn4)c3)c2)C(=O)c2sc3ccccc3c2Cl)CC1. The summed E-state index contributed by atoms with van der Waals surface area (Å²) in [6, 6.07) is 20.8. The Morgan fingerprint density at radius 3 is 1.84 bits per heavy atom. The van der Waals surface area contributed by atoms with Crippen LogP contribution >= 0.6 is 22.9 Å². The van der Waals surface area contributed by atoms with Crippen molar-refractivity contribution in [2.45, 2.75) is 168 Å². The zero-order valence-corrected chi connectivity index (χ0v) is 66.8. The number of ether oxygens (including phenoxy) is 14. The number of aliphatic hydroxyl groups excluding tert-OH is 1. The smallest absolute Gasteiger partial charge is 0.266 e. The molecule has 0 radical (unpaired) electrons. The molecule has 3 aromatic heterocycles. The molecular weight excluding hydrogens is 1420 g/mol. The number of thiophene rings is 1. The van der Waals surface area contributed by atoms with Gasteiger partial charge in [0.25, 0.3) is 5.91 Å². The number of aliphatic hydroxyl groups is 1. The number of hydrogen-bond donors (Lipinski definition) is 2. The first kappa shape index (κ1) is 85.8. The van der Waals surface area contributed by atoms with Gasteiger partial charge in [-0.1, -0.05) is 111 Å². The maximum atomic E-state index is 14.4. The minimum absolute atomic E-state index is 0.0124. The van der Waals surface area contributed by atoms with E-state index in [9.17, 15) is 9.90 Å². The fraction of sp³-hybridized carbons (Fsp3) is 0.714. The zero-order chi connectivity index (χ0) is 75.3. The molecule has 0 saturated heterocycles. The van der Waals surface area contributed by atoms with Crippen molar-refractivity contribution in [3.05, 3.63) is 106 Å². The van der Waals surface area contributed by atoms with Crippen molar-refractivity contribution in [2.75, 3.05) is 179 Å². The molecule has 3 heterocycles. The maximum absolute atomic E-state index is 14.4. The van der Waals surface area contributed by atoms with Gasteiger partial charge < -0.3 is 81.6 Å². The fourth-order valence-corrected chi connectivity index (χ4v) is 18.9. The summed E-state index contributed by atoms with van der Waals surface area (Å²) in [7, 11) is 2.01. The number of carbonyl (C=O) groups excluding carboxylic acids is 1. The second-order valence-electron chi connectivity index (χ2n) is 30.3. The monoisotopic (exact) mass is 1540 g/mol. The molecule has 2 N–H and O–H groups in total. The van der Waals surface area contributed by atoms with Crippen molar-refractivity contribution in [1.29, 1.82) is 0 Å². The number of allylic oxidation sites excluding steroid dienone is 1. The number of aromatic nitrogens is 4. The van der Waals surface area contributed by atoms with Crippen molar-refractivity contribution in [3.63, 3.8) is 0 Å². The number of carbonyl (C=O) groups is 1. The van der Waals surface area contributed by atoms with Gasteiger partial charge in [-0.3, -0.25) is 4.79 Å². The van der Waals surface area contributed by atoms with Gasteiger partial charge in [-0.15, -0.1) is 16.4 Å². The molecule has 0 spiro atoms. The van der Waals surface area contributed by atoms with Crippen LogP contribution in [0.3, 0.4) is 0 Å². The molecule has 22 nitrogen and oxygen atoms in total. The van der Waals surface area contributed by atoms with E-state index in [0.29, 0.717) is 218 Å². The van der Waals surface area contributed by atoms with E-state index in [4.69, 9.17) is 77.9 Å². The van der Waals surface area contributed by atoms with Crippen molar-refractivity contribution < 1.29 is 76.2 Å². The Bertz CT molecular complexity index is 3360. The van der Waals surface area contributed by atoms with Crippen LogP contribution < -0.4 is 10.1 Å². The highest BCUT2D eigenvalue weighted by atomic mass is 35.5. The van der Waals surface area contributed by atoms with Crippen LogP contribution in [0.1, 0.15) is 151 Å². The first-order chi connectivity index (χ1) is 53.0. The normalized spacial score (nSPS) is 23.0. The Kier molecular flexibility index (Phi) is 38.0. The average molecular weight is 1540 g/mol. The first-order valence-electron chi connectivity index (χ1n) is 40.6. The lowest BCUT2D eigenvalue weighted by molar-refractivity contribution is -0.0572. The van der Waals surface area contributed by atoms with Crippen LogP contribution in [-0.4, -0.2) is 233 Å². The zero-order valence-electron chi connectivity index (χ0n) is 65.2. The van der Waals surface area contributed by atoms with Crippen LogP contribution in [0.4, 0.5) is 0 Å². The molecule has 108 heavy (non-hydrogen) atoms. The number of nitrogens with one attached hydrogen (secondary N) is 1. The predicted molar refractivity (Wildman–Crippen MR) is 420 cm³/mol. The Balaban J connectivity index is 0.428. The Hall–Kier alpha value is -4.61. The molecule has 2 aromatic carbocycles. The molecule has 24 heteroatoms. The lowest BCUT2D eigenvalue weighted by Crippen LogP contribution is -2.50. The summed E-state index contributed by atoms with van der Waals surface area (Å²) in [5.74, 6) is 4.74. The van der Waals surface area contributed by atoms with Crippen LogP contribution in [0, 0.1) is 40.4 Å².